The molecule has 0 unspecified atom stereocenters. The third kappa shape index (κ3) is 3.14. The number of allylic oxidation sites excluding steroid dienone is 2. The lowest BCUT2D eigenvalue weighted by Crippen LogP contribution is -2.40. The number of carbonyl (C=O) groups is 1. The number of urea groups is 1. The lowest BCUT2D eigenvalue weighted by Gasteiger charge is -2.20. The van der Waals surface area contributed by atoms with Crippen LogP contribution >= 0.6 is 0 Å². The number of fused-ring (bicyclic) bond motifs is 1. The third-order valence-electron chi connectivity index (χ3n) is 5.13. The van der Waals surface area contributed by atoms with Crippen LogP contribution in [0.2, 0.25) is 0 Å². The molecule has 2 amide bonds. The van der Waals surface area contributed by atoms with Gasteiger partial charge in [0.25, 0.3) is 0 Å². The van der Waals surface area contributed by atoms with E-state index in [1.54, 1.807) is 4.68 Å². The Morgan fingerprint density at radius 1 is 1.16 bits per heavy atom. The van der Waals surface area contributed by atoms with Crippen LogP contribution in [0.4, 0.5) is 4.79 Å². The minimum absolute atomic E-state index is 0.0375. The minimum atomic E-state index is -0.275. The maximum atomic E-state index is 12.7. The van der Waals surface area contributed by atoms with Gasteiger partial charge in [-0.05, 0) is 54.2 Å². The summed E-state index contributed by atoms with van der Waals surface area (Å²) in [4.78, 5) is 14.6. The molecule has 0 spiro atoms. The van der Waals surface area contributed by atoms with Gasteiger partial charge in [-0.2, -0.15) is 4.68 Å². The highest BCUT2D eigenvalue weighted by Gasteiger charge is 2.35. The van der Waals surface area contributed by atoms with E-state index in [9.17, 15) is 4.79 Å². The maximum absolute atomic E-state index is 12.7. The Morgan fingerprint density at radius 2 is 1.84 bits per heavy atom. The summed E-state index contributed by atoms with van der Waals surface area (Å²) in [5, 5.41) is 15.0. The highest BCUT2D eigenvalue weighted by atomic mass is 16.2. The predicted octanol–water partition coefficient (Wildman–Crippen LogP) is 2.33. The van der Waals surface area contributed by atoms with Gasteiger partial charge in [-0.3, -0.25) is 0 Å². The molecule has 2 aromatic rings. The SMILES string of the molecule is C[C@H](NC(=O)N1C[C@H]2CC=CC[C@@H]2C1)c1nnnn1-c1ccccc1. The maximum Gasteiger partial charge on any atom is 0.317 e. The first-order chi connectivity index (χ1) is 12.2. The molecule has 1 aliphatic carbocycles. The molecule has 0 bridgehead atoms. The van der Waals surface area contributed by atoms with Gasteiger partial charge in [0.15, 0.2) is 5.82 Å². The molecule has 7 heteroatoms. The largest absolute Gasteiger partial charge is 0.328 e. The summed E-state index contributed by atoms with van der Waals surface area (Å²) in [7, 11) is 0. The highest BCUT2D eigenvalue weighted by molar-refractivity contribution is 5.75. The molecular formula is C18H22N6O. The van der Waals surface area contributed by atoms with Gasteiger partial charge in [-0.1, -0.05) is 30.4 Å². The van der Waals surface area contributed by atoms with Gasteiger partial charge in [0.2, 0.25) is 0 Å². The van der Waals surface area contributed by atoms with Gasteiger partial charge < -0.3 is 10.2 Å². The van der Waals surface area contributed by atoms with Crippen molar-refractivity contribution < 1.29 is 4.79 Å². The number of para-hydroxylation sites is 1. The molecule has 2 heterocycles. The molecule has 1 aromatic heterocycles. The van der Waals surface area contributed by atoms with Crippen molar-refractivity contribution in [2.24, 2.45) is 11.8 Å². The van der Waals surface area contributed by atoms with Crippen LogP contribution in [0.3, 0.4) is 0 Å². The fourth-order valence-electron chi connectivity index (χ4n) is 3.74. The fraction of sp³-hybridized carbons (Fsp3) is 0.444. The summed E-state index contributed by atoms with van der Waals surface area (Å²) in [6.07, 6.45) is 6.63. The Kier molecular flexibility index (Phi) is 4.21. The molecule has 0 radical (unpaired) electrons. The molecule has 1 saturated heterocycles. The normalized spacial score (nSPS) is 23.3. The van der Waals surface area contributed by atoms with Crippen molar-refractivity contribution in [2.75, 3.05) is 13.1 Å². The molecular weight excluding hydrogens is 316 g/mol. The van der Waals surface area contributed by atoms with Crippen LogP contribution in [0, 0.1) is 11.8 Å². The van der Waals surface area contributed by atoms with Gasteiger partial charge in [-0.25, -0.2) is 4.79 Å². The molecule has 1 aliphatic heterocycles. The smallest absolute Gasteiger partial charge is 0.317 e. The van der Waals surface area contributed by atoms with Gasteiger partial charge in [0.05, 0.1) is 11.7 Å². The first kappa shape index (κ1) is 15.8. The monoisotopic (exact) mass is 338 g/mol. The molecule has 2 aliphatic rings. The first-order valence-electron chi connectivity index (χ1n) is 8.76. The van der Waals surface area contributed by atoms with E-state index in [1.165, 1.54) is 0 Å². The lowest BCUT2D eigenvalue weighted by molar-refractivity contribution is 0.202. The van der Waals surface area contributed by atoms with E-state index in [-0.39, 0.29) is 12.1 Å². The summed E-state index contributed by atoms with van der Waals surface area (Å²) in [5.41, 5.74) is 0.877. The first-order valence-corrected chi connectivity index (χ1v) is 8.76. The van der Waals surface area contributed by atoms with Gasteiger partial charge in [-0.15, -0.1) is 5.10 Å². The van der Waals surface area contributed by atoms with Gasteiger partial charge in [0, 0.05) is 13.1 Å². The minimum Gasteiger partial charge on any atom is -0.328 e. The van der Waals surface area contributed by atoms with Crippen LogP contribution in [-0.2, 0) is 0 Å². The van der Waals surface area contributed by atoms with E-state index in [2.05, 4.69) is 33.0 Å². The number of benzene rings is 1. The van der Waals surface area contributed by atoms with E-state index in [0.29, 0.717) is 17.7 Å². The van der Waals surface area contributed by atoms with Crippen LogP contribution in [0.1, 0.15) is 31.6 Å². The van der Waals surface area contributed by atoms with E-state index in [1.807, 2.05) is 42.2 Å². The summed E-state index contributed by atoms with van der Waals surface area (Å²) in [6, 6.07) is 9.38. The molecule has 0 saturated carbocycles. The Hall–Kier alpha value is -2.70. The number of nitrogens with zero attached hydrogens (tertiary/aromatic N) is 5. The number of likely N-dealkylation sites (tertiary alicyclic amines) is 1. The summed E-state index contributed by atoms with van der Waals surface area (Å²) < 4.78 is 1.67. The molecule has 25 heavy (non-hydrogen) atoms. The van der Waals surface area contributed by atoms with Crippen LogP contribution < -0.4 is 5.32 Å². The van der Waals surface area contributed by atoms with Crippen LogP contribution in [-0.4, -0.2) is 44.2 Å². The van der Waals surface area contributed by atoms with Crippen LogP contribution in [0.5, 0.6) is 0 Å². The molecule has 4 rings (SSSR count). The number of aromatic nitrogens is 4. The molecule has 1 fully saturated rings. The summed E-state index contributed by atoms with van der Waals surface area (Å²) in [5.74, 6) is 1.82. The van der Waals surface area contributed by atoms with Crippen LogP contribution in [0.15, 0.2) is 42.5 Å². The number of rotatable bonds is 3. The van der Waals surface area contributed by atoms with E-state index in [0.717, 1.165) is 31.6 Å². The highest BCUT2D eigenvalue weighted by Crippen LogP contribution is 2.32. The zero-order valence-corrected chi connectivity index (χ0v) is 14.2. The molecule has 130 valence electrons. The average Bonchev–Trinajstić information content (AvgIpc) is 3.29. The zero-order chi connectivity index (χ0) is 17.2. The van der Waals surface area contributed by atoms with Crippen molar-refractivity contribution >= 4 is 6.03 Å². The topological polar surface area (TPSA) is 75.9 Å². The Balaban J connectivity index is 1.44. The van der Waals surface area contributed by atoms with E-state index < -0.39 is 0 Å². The molecule has 1 aromatic carbocycles. The fourth-order valence-corrected chi connectivity index (χ4v) is 3.74. The van der Waals surface area contributed by atoms with E-state index >= 15 is 0 Å². The van der Waals surface area contributed by atoms with Gasteiger partial charge >= 0.3 is 6.03 Å². The lowest BCUT2D eigenvalue weighted by atomic mass is 9.86. The molecule has 3 atom stereocenters. The van der Waals surface area contributed by atoms with Crippen molar-refractivity contribution in [3.8, 4) is 5.69 Å². The Bertz CT molecular complexity index is 755. The van der Waals surface area contributed by atoms with Crippen LogP contribution in [0.25, 0.3) is 5.69 Å². The van der Waals surface area contributed by atoms with Crippen molar-refractivity contribution in [3.05, 3.63) is 48.3 Å². The number of hydrogen-bond donors (Lipinski definition) is 1. The third-order valence-corrected chi connectivity index (χ3v) is 5.13. The van der Waals surface area contributed by atoms with Crippen molar-refractivity contribution in [2.45, 2.75) is 25.8 Å². The number of carbonyl (C=O) groups excluding carboxylic acids is 1. The number of amides is 2. The number of tetrazole rings is 1. The van der Waals surface area contributed by atoms with Gasteiger partial charge in [0.1, 0.15) is 0 Å². The average molecular weight is 338 g/mol. The van der Waals surface area contributed by atoms with Crippen molar-refractivity contribution in [3.63, 3.8) is 0 Å². The zero-order valence-electron chi connectivity index (χ0n) is 14.2. The van der Waals surface area contributed by atoms with E-state index in [4.69, 9.17) is 0 Å². The summed E-state index contributed by atoms with van der Waals surface area (Å²) >= 11 is 0. The predicted molar refractivity (Wildman–Crippen MR) is 93.0 cm³/mol. The molecule has 7 nitrogen and oxygen atoms in total. The number of nitrogens with one attached hydrogen (secondary N) is 1. The van der Waals surface area contributed by atoms with Crippen molar-refractivity contribution in [1.29, 1.82) is 0 Å². The number of hydrogen-bond acceptors (Lipinski definition) is 4. The second-order valence-electron chi connectivity index (χ2n) is 6.82. The van der Waals surface area contributed by atoms with Crippen molar-refractivity contribution in [1.82, 2.24) is 30.4 Å². The Morgan fingerprint density at radius 3 is 2.52 bits per heavy atom. The standard InChI is InChI=1S/C18H22N6O/c1-13(17-20-21-22-24(17)16-9-3-2-4-10-16)19-18(25)23-11-14-7-5-6-8-15(14)12-23/h2-6,9-10,13-15H,7-8,11-12H2,1H3,(H,19,25)/t13-,14+,15+/m0/s1. The Labute approximate surface area is 146 Å². The summed E-state index contributed by atoms with van der Waals surface area (Å²) in [6.45, 7) is 3.57. The second kappa shape index (κ2) is 6.66. The quantitative estimate of drug-likeness (QED) is 0.872. The molecule has 1 N–H and O–H groups in total. The second-order valence-corrected chi connectivity index (χ2v) is 6.82.